The second-order valence-corrected chi connectivity index (χ2v) is 1.27. The molecule has 0 aliphatic carbocycles. The molecule has 0 spiro atoms. The van der Waals surface area contributed by atoms with Gasteiger partial charge in [-0.05, 0) is 6.08 Å². The molecule has 0 aromatic heterocycles. The molecule has 9 heavy (non-hydrogen) atoms. The number of carbonyl (C=O) groups is 1. The van der Waals surface area contributed by atoms with Crippen LogP contribution in [0.15, 0.2) is 18.7 Å². The van der Waals surface area contributed by atoms with E-state index >= 15 is 0 Å². The van der Waals surface area contributed by atoms with Crippen LogP contribution in [0.25, 0.3) is 0 Å². The third-order valence-corrected chi connectivity index (χ3v) is 0.647. The van der Waals surface area contributed by atoms with E-state index in [1.54, 1.807) is 0 Å². The molecule has 48 valence electrons. The largest absolute Gasteiger partial charge is 0.348 e. The Balaban J connectivity index is 3.38. The molecule has 0 rings (SSSR count). The van der Waals surface area contributed by atoms with Gasteiger partial charge in [-0.15, -0.1) is 0 Å². The minimum Gasteiger partial charge on any atom is -0.348 e. The van der Waals surface area contributed by atoms with Gasteiger partial charge in [-0.25, -0.2) is 4.79 Å². The third kappa shape index (κ3) is 4.51. The van der Waals surface area contributed by atoms with Crippen molar-refractivity contribution in [2.75, 3.05) is 6.54 Å². The monoisotopic (exact) mass is 125 g/mol. The van der Waals surface area contributed by atoms with Crippen LogP contribution in [0.4, 0.5) is 0 Å². The predicted octanol–water partition coefficient (Wildman–Crippen LogP) is -0.324. The standard InChI is InChI=1S/C6H7NO2/c1-2-6(9)7-4-3-5-8/h2-3H,1,4H2,(H,7,9). The summed E-state index contributed by atoms with van der Waals surface area (Å²) in [5.41, 5.74) is 0. The Morgan fingerprint density at radius 2 is 2.44 bits per heavy atom. The van der Waals surface area contributed by atoms with Gasteiger partial charge in [0, 0.05) is 12.6 Å². The topological polar surface area (TPSA) is 46.2 Å². The number of carbonyl (C=O) groups excluding carboxylic acids is 2. The van der Waals surface area contributed by atoms with Gasteiger partial charge in [-0.2, -0.15) is 0 Å². The molecule has 1 amide bonds. The molecule has 0 aromatic rings. The Morgan fingerprint density at radius 3 is 2.89 bits per heavy atom. The van der Waals surface area contributed by atoms with Gasteiger partial charge in [0.25, 0.3) is 0 Å². The van der Waals surface area contributed by atoms with Gasteiger partial charge in [0.05, 0.1) is 0 Å². The maximum Gasteiger partial charge on any atom is 0.243 e. The molecule has 0 radical (unpaired) electrons. The second-order valence-electron chi connectivity index (χ2n) is 1.27. The van der Waals surface area contributed by atoms with Crippen molar-refractivity contribution in [3.05, 3.63) is 18.7 Å². The van der Waals surface area contributed by atoms with Crippen LogP contribution >= 0.6 is 0 Å². The molecule has 3 heteroatoms. The fourth-order valence-corrected chi connectivity index (χ4v) is 0.265. The van der Waals surface area contributed by atoms with E-state index in [0.717, 1.165) is 6.08 Å². The third-order valence-electron chi connectivity index (χ3n) is 0.647. The molecule has 0 heterocycles. The molecule has 0 aliphatic heterocycles. The summed E-state index contributed by atoms with van der Waals surface area (Å²) in [7, 11) is 0. The molecule has 0 aromatic carbocycles. The van der Waals surface area contributed by atoms with E-state index in [-0.39, 0.29) is 12.5 Å². The van der Waals surface area contributed by atoms with Gasteiger partial charge < -0.3 is 5.32 Å². The minimum absolute atomic E-state index is 0.217. The zero-order chi connectivity index (χ0) is 7.11. The summed E-state index contributed by atoms with van der Waals surface area (Å²) >= 11 is 0. The fraction of sp³-hybridized carbons (Fsp3) is 0.167. The molecule has 0 aliphatic rings. The highest BCUT2D eigenvalue weighted by atomic mass is 16.1. The average molecular weight is 125 g/mol. The van der Waals surface area contributed by atoms with E-state index in [1.807, 2.05) is 0 Å². The lowest BCUT2D eigenvalue weighted by atomic mass is 10.5. The molecule has 1 N–H and O–H groups in total. The number of rotatable bonds is 3. The van der Waals surface area contributed by atoms with Gasteiger partial charge in [0.15, 0.2) is 0 Å². The van der Waals surface area contributed by atoms with Crippen LogP contribution in [-0.4, -0.2) is 18.4 Å². The molecule has 0 bridgehead atoms. The Bertz CT molecular complexity index is 156. The second kappa shape index (κ2) is 4.81. The van der Waals surface area contributed by atoms with Crippen LogP contribution in [0.5, 0.6) is 0 Å². The van der Waals surface area contributed by atoms with E-state index < -0.39 is 0 Å². The lowest BCUT2D eigenvalue weighted by Gasteiger charge is -1.91. The summed E-state index contributed by atoms with van der Waals surface area (Å²) in [5, 5.41) is 2.36. The maximum atomic E-state index is 10.3. The van der Waals surface area contributed by atoms with Crippen LogP contribution in [-0.2, 0) is 9.59 Å². The maximum absolute atomic E-state index is 10.3. The number of amides is 1. The molecule has 0 unspecified atom stereocenters. The molecular weight excluding hydrogens is 118 g/mol. The van der Waals surface area contributed by atoms with E-state index in [0.29, 0.717) is 0 Å². The molecular formula is C6H7NO2. The Labute approximate surface area is 53.1 Å². The van der Waals surface area contributed by atoms with Crippen LogP contribution in [0.2, 0.25) is 0 Å². The summed E-state index contributed by atoms with van der Waals surface area (Å²) in [6.07, 6.45) is 2.32. The van der Waals surface area contributed by atoms with Crippen molar-refractivity contribution in [2.24, 2.45) is 0 Å². The van der Waals surface area contributed by atoms with Crippen molar-refractivity contribution in [1.29, 1.82) is 0 Å². The van der Waals surface area contributed by atoms with Gasteiger partial charge >= 0.3 is 0 Å². The van der Waals surface area contributed by atoms with Crippen molar-refractivity contribution in [1.82, 2.24) is 5.32 Å². The summed E-state index contributed by atoms with van der Waals surface area (Å²) in [5.74, 6) is 1.23. The Kier molecular flexibility index (Phi) is 4.09. The molecule has 0 fully saturated rings. The highest BCUT2D eigenvalue weighted by Crippen LogP contribution is 1.64. The van der Waals surface area contributed by atoms with Crippen molar-refractivity contribution in [2.45, 2.75) is 0 Å². The minimum atomic E-state index is -0.290. The lowest BCUT2D eigenvalue weighted by molar-refractivity contribution is -0.116. The molecule has 0 saturated carbocycles. The highest BCUT2D eigenvalue weighted by molar-refractivity contribution is 5.87. The van der Waals surface area contributed by atoms with E-state index in [9.17, 15) is 9.59 Å². The Hall–Kier alpha value is -1.34. The zero-order valence-electron chi connectivity index (χ0n) is 4.89. The van der Waals surface area contributed by atoms with Crippen molar-refractivity contribution < 1.29 is 9.59 Å². The molecule has 3 nitrogen and oxygen atoms in total. The predicted molar refractivity (Wildman–Crippen MR) is 33.5 cm³/mol. The first-order valence-corrected chi connectivity index (χ1v) is 2.41. The summed E-state index contributed by atoms with van der Waals surface area (Å²) in [4.78, 5) is 19.8. The molecule has 0 saturated heterocycles. The quantitative estimate of drug-likeness (QED) is 0.415. The SMILES string of the molecule is C=CC(=O)NCC=C=O. The fourth-order valence-electron chi connectivity index (χ4n) is 0.265. The van der Waals surface area contributed by atoms with Crippen LogP contribution in [0.1, 0.15) is 0 Å². The van der Waals surface area contributed by atoms with Crippen molar-refractivity contribution in [3.8, 4) is 0 Å². The number of nitrogens with one attached hydrogen (secondary N) is 1. The zero-order valence-corrected chi connectivity index (χ0v) is 4.89. The average Bonchev–Trinajstić information content (AvgIpc) is 1.89. The van der Waals surface area contributed by atoms with Gasteiger partial charge in [0.1, 0.15) is 5.94 Å². The number of hydrogen-bond acceptors (Lipinski definition) is 2. The van der Waals surface area contributed by atoms with Crippen LogP contribution in [0, 0.1) is 0 Å². The molecule has 0 atom stereocenters. The van der Waals surface area contributed by atoms with Crippen LogP contribution < -0.4 is 5.32 Å². The lowest BCUT2D eigenvalue weighted by Crippen LogP contribution is -2.20. The smallest absolute Gasteiger partial charge is 0.243 e. The van der Waals surface area contributed by atoms with E-state index in [4.69, 9.17) is 0 Å². The number of hydrogen-bond donors (Lipinski definition) is 1. The van der Waals surface area contributed by atoms with Crippen LogP contribution in [0.3, 0.4) is 0 Å². The first kappa shape index (κ1) is 7.66. The normalized spacial score (nSPS) is 7.11. The van der Waals surface area contributed by atoms with Crippen molar-refractivity contribution >= 4 is 11.8 Å². The summed E-state index contributed by atoms with van der Waals surface area (Å²) in [6, 6.07) is 0. The van der Waals surface area contributed by atoms with Gasteiger partial charge in [0.2, 0.25) is 5.91 Å². The van der Waals surface area contributed by atoms with E-state index in [2.05, 4.69) is 11.9 Å². The van der Waals surface area contributed by atoms with E-state index in [1.165, 1.54) is 12.0 Å². The summed E-state index contributed by atoms with van der Waals surface area (Å²) < 4.78 is 0. The Morgan fingerprint density at radius 1 is 1.78 bits per heavy atom. The van der Waals surface area contributed by atoms with Gasteiger partial charge in [-0.1, -0.05) is 6.58 Å². The first-order chi connectivity index (χ1) is 4.31. The van der Waals surface area contributed by atoms with Gasteiger partial charge in [-0.3, -0.25) is 4.79 Å². The summed E-state index contributed by atoms with van der Waals surface area (Å²) in [6.45, 7) is 3.43. The highest BCUT2D eigenvalue weighted by Gasteiger charge is 1.86. The first-order valence-electron chi connectivity index (χ1n) is 2.41. The van der Waals surface area contributed by atoms with Crippen molar-refractivity contribution in [3.63, 3.8) is 0 Å².